The van der Waals surface area contributed by atoms with E-state index >= 15 is 0 Å². The van der Waals surface area contributed by atoms with Crippen molar-refractivity contribution in [2.75, 3.05) is 46.1 Å². The average Bonchev–Trinajstić information content (AvgIpc) is 3.32. The van der Waals surface area contributed by atoms with Crippen LogP contribution in [0.4, 0.5) is 0 Å². The highest BCUT2D eigenvalue weighted by Gasteiger charge is 2.54. The molecular formula is C40H66N4O24. The Morgan fingerprint density at radius 3 is 1.62 bits per heavy atom. The van der Waals surface area contributed by atoms with Crippen LogP contribution in [-0.2, 0) is 66.9 Å². The number of carbonyl (C=O) groups excluding carboxylic acids is 3. The highest BCUT2D eigenvalue weighted by Crippen LogP contribution is 2.33. The SMILES string of the molecule is O=C[C@H](CCC(=O)O)NOCC1OC(OC2C(COCCN3CCCCC3)OC(OC3C(CO)OC(N[C@H](C=O)CCC(=O)O)C(O)C3O)C(O)C2O)C(O)C(O)C1ON[C@H](C=O)CCC(=O)O. The molecule has 4 saturated heterocycles. The minimum absolute atomic E-state index is 0.148. The summed E-state index contributed by atoms with van der Waals surface area (Å²) in [6.07, 6.45) is -24.3. The van der Waals surface area contributed by atoms with Gasteiger partial charge < -0.3 is 98.8 Å². The molecule has 0 aliphatic carbocycles. The number of carboxylic acids is 3. The Bertz CT molecular complexity index is 1570. The number of aliphatic carboxylic acids is 3. The topological polar surface area (TPSA) is 418 Å². The Hall–Kier alpha value is -3.34. The first kappa shape index (κ1) is 57.2. The van der Waals surface area contributed by atoms with Crippen LogP contribution in [0.15, 0.2) is 0 Å². The lowest BCUT2D eigenvalue weighted by molar-refractivity contribution is -0.377. The maximum Gasteiger partial charge on any atom is 0.303 e. The Labute approximate surface area is 389 Å². The number of nitrogens with one attached hydrogen (secondary N) is 3. The maximum absolute atomic E-state index is 11.7. The van der Waals surface area contributed by atoms with E-state index in [9.17, 15) is 64.5 Å². The van der Waals surface area contributed by atoms with Crippen molar-refractivity contribution in [2.45, 2.75) is 168 Å². The van der Waals surface area contributed by atoms with E-state index in [2.05, 4.69) is 21.2 Å². The number of likely N-dealkylation sites (tertiary alicyclic amines) is 1. The van der Waals surface area contributed by atoms with Gasteiger partial charge in [-0.2, -0.15) is 11.0 Å². The molecule has 0 saturated carbocycles. The number of carboxylic acid groups (broad SMARTS) is 3. The lowest BCUT2D eigenvalue weighted by Gasteiger charge is -2.48. The second kappa shape index (κ2) is 29.1. The lowest BCUT2D eigenvalue weighted by Crippen LogP contribution is -2.68. The maximum atomic E-state index is 11.7. The van der Waals surface area contributed by atoms with E-state index in [-0.39, 0.29) is 32.5 Å². The van der Waals surface area contributed by atoms with Crippen LogP contribution in [0.25, 0.3) is 0 Å². The van der Waals surface area contributed by atoms with Crippen molar-refractivity contribution in [3.8, 4) is 0 Å². The molecule has 0 aromatic heterocycles. The lowest BCUT2D eigenvalue weighted by atomic mass is 9.95. The summed E-state index contributed by atoms with van der Waals surface area (Å²) in [5, 5.41) is 108. The van der Waals surface area contributed by atoms with Crippen LogP contribution in [0, 0.1) is 0 Å². The van der Waals surface area contributed by atoms with Gasteiger partial charge in [0.25, 0.3) is 0 Å². The van der Waals surface area contributed by atoms with Crippen molar-refractivity contribution in [1.29, 1.82) is 0 Å². The van der Waals surface area contributed by atoms with Crippen LogP contribution in [0.3, 0.4) is 0 Å². The van der Waals surface area contributed by atoms with Crippen LogP contribution in [0.2, 0.25) is 0 Å². The molecule has 13 N–H and O–H groups in total. The zero-order valence-electron chi connectivity index (χ0n) is 37.1. The number of hydroxylamine groups is 2. The summed E-state index contributed by atoms with van der Waals surface area (Å²) in [4.78, 5) is 81.2. The fourth-order valence-corrected chi connectivity index (χ4v) is 7.85. The molecule has 4 fully saturated rings. The average molecular weight is 987 g/mol. The van der Waals surface area contributed by atoms with E-state index in [1.807, 2.05) is 0 Å². The number of aliphatic hydroxyl groups is 7. The number of hydrogen-bond donors (Lipinski definition) is 13. The summed E-state index contributed by atoms with van der Waals surface area (Å²) in [7, 11) is 0. The summed E-state index contributed by atoms with van der Waals surface area (Å²) in [5.41, 5.74) is 4.67. The Balaban J connectivity index is 1.54. The third-order valence-corrected chi connectivity index (χ3v) is 11.7. The number of aldehydes is 3. The number of piperidine rings is 1. The molecule has 68 heavy (non-hydrogen) atoms. The fraction of sp³-hybridized carbons (Fsp3) is 0.850. The highest BCUT2D eigenvalue weighted by atomic mass is 16.8. The molecule has 4 rings (SSSR count). The summed E-state index contributed by atoms with van der Waals surface area (Å²) >= 11 is 0. The molecule has 0 spiro atoms. The van der Waals surface area contributed by atoms with Gasteiger partial charge in [0.2, 0.25) is 0 Å². The number of ether oxygens (including phenoxy) is 6. The summed E-state index contributed by atoms with van der Waals surface area (Å²) < 4.78 is 35.6. The Morgan fingerprint density at radius 1 is 0.603 bits per heavy atom. The molecule has 0 bridgehead atoms. The van der Waals surface area contributed by atoms with Crippen LogP contribution >= 0.6 is 0 Å². The monoisotopic (exact) mass is 986 g/mol. The van der Waals surface area contributed by atoms with E-state index < -0.39 is 161 Å². The third kappa shape index (κ3) is 17.2. The standard InChI is InChI=1S/C40H66N4O24/c45-14-20(4-7-26(49)50)41-38-32(58)29(55)35(23(17-48)63-38)66-39-33(59)30(56)36(24(64-39)18-61-13-12-44-10-2-1-3-11-44)67-40-34(60)31(57)37(68-43-22(16-47)6-9-28(53)54)25(65-40)19-62-42-21(15-46)5-8-27(51)52/h14-16,20-25,29-43,48,55-60H,1-13,17-19H2,(H,49,50)(H,51,52)(H,53,54)/t20-,21-,22-,23?,24?,25?,29?,30?,31?,32?,33?,34?,35?,36?,37?,38?,39?,40?/m0/s1. The van der Waals surface area contributed by atoms with Gasteiger partial charge in [-0.05, 0) is 45.2 Å². The van der Waals surface area contributed by atoms with E-state index in [1.165, 1.54) is 0 Å². The van der Waals surface area contributed by atoms with Crippen molar-refractivity contribution in [3.63, 3.8) is 0 Å². The van der Waals surface area contributed by atoms with Gasteiger partial charge >= 0.3 is 17.9 Å². The largest absolute Gasteiger partial charge is 0.481 e. The normalized spacial score (nSPS) is 34.9. The molecule has 0 aromatic carbocycles. The van der Waals surface area contributed by atoms with E-state index in [1.54, 1.807) is 0 Å². The van der Waals surface area contributed by atoms with Gasteiger partial charge in [0.15, 0.2) is 12.6 Å². The van der Waals surface area contributed by atoms with Gasteiger partial charge in [0.05, 0.1) is 44.6 Å². The molecular weight excluding hydrogens is 920 g/mol. The molecule has 0 aromatic rings. The zero-order chi connectivity index (χ0) is 49.9. The first-order valence-electron chi connectivity index (χ1n) is 22.3. The van der Waals surface area contributed by atoms with Crippen LogP contribution in [-0.4, -0.2) is 249 Å². The molecule has 4 aliphatic rings. The quantitative estimate of drug-likeness (QED) is 0.0175. The van der Waals surface area contributed by atoms with Gasteiger partial charge in [-0.1, -0.05) is 6.42 Å². The zero-order valence-corrected chi connectivity index (χ0v) is 37.1. The van der Waals surface area contributed by atoms with Crippen LogP contribution < -0.4 is 16.3 Å². The molecule has 28 nitrogen and oxygen atoms in total. The van der Waals surface area contributed by atoms with Gasteiger partial charge in [0, 0.05) is 25.8 Å². The molecule has 28 heteroatoms. The van der Waals surface area contributed by atoms with Crippen molar-refractivity contribution >= 4 is 36.8 Å². The molecule has 0 amide bonds. The summed E-state index contributed by atoms with van der Waals surface area (Å²) in [6, 6.07) is -3.49. The predicted octanol–water partition coefficient (Wildman–Crippen LogP) is -6.11. The minimum Gasteiger partial charge on any atom is -0.481 e. The van der Waals surface area contributed by atoms with Crippen molar-refractivity contribution in [1.82, 2.24) is 21.2 Å². The third-order valence-electron chi connectivity index (χ3n) is 11.7. The van der Waals surface area contributed by atoms with E-state index in [0.717, 1.165) is 32.4 Å². The second-order valence-corrected chi connectivity index (χ2v) is 16.8. The molecule has 390 valence electrons. The molecule has 4 aliphatic heterocycles. The predicted molar refractivity (Wildman–Crippen MR) is 220 cm³/mol. The number of carbonyl (C=O) groups is 6. The van der Waals surface area contributed by atoms with E-state index in [0.29, 0.717) is 25.4 Å². The number of rotatable bonds is 31. The summed E-state index contributed by atoms with van der Waals surface area (Å²) in [5.74, 6) is -3.62. The fourth-order valence-electron chi connectivity index (χ4n) is 7.85. The number of nitrogens with zero attached hydrogens (tertiary/aromatic N) is 1. The molecule has 15 unspecified atom stereocenters. The van der Waals surface area contributed by atoms with Gasteiger partial charge in [-0.25, -0.2) is 0 Å². The summed E-state index contributed by atoms with van der Waals surface area (Å²) in [6.45, 7) is 0.467. The first-order chi connectivity index (χ1) is 32.5. The number of aliphatic hydroxyl groups excluding tert-OH is 7. The second-order valence-electron chi connectivity index (χ2n) is 16.8. The smallest absolute Gasteiger partial charge is 0.303 e. The first-order valence-corrected chi connectivity index (χ1v) is 22.3. The van der Waals surface area contributed by atoms with Gasteiger partial charge in [-0.3, -0.25) is 29.4 Å². The highest BCUT2D eigenvalue weighted by molar-refractivity contribution is 5.69. The number of hydrogen-bond acceptors (Lipinski definition) is 25. The molecule has 0 radical (unpaired) electrons. The van der Waals surface area contributed by atoms with E-state index in [4.69, 9.17) is 53.4 Å². The Morgan fingerprint density at radius 2 is 1.09 bits per heavy atom. The van der Waals surface area contributed by atoms with Gasteiger partial charge in [0.1, 0.15) is 98.3 Å². The van der Waals surface area contributed by atoms with Crippen LogP contribution in [0.5, 0.6) is 0 Å². The van der Waals surface area contributed by atoms with Gasteiger partial charge in [-0.15, -0.1) is 0 Å². The van der Waals surface area contributed by atoms with Crippen LogP contribution in [0.1, 0.15) is 57.8 Å². The minimum atomic E-state index is -2.06. The Kier molecular flexibility index (Phi) is 24.5. The van der Waals surface area contributed by atoms with Crippen molar-refractivity contribution in [2.24, 2.45) is 0 Å². The molecule has 4 heterocycles. The van der Waals surface area contributed by atoms with Crippen molar-refractivity contribution in [3.05, 3.63) is 0 Å². The van der Waals surface area contributed by atoms with Crippen molar-refractivity contribution < 1.29 is 118 Å². The molecule has 18 atom stereocenters.